The molecule has 0 radical (unpaired) electrons. The fourth-order valence-electron chi connectivity index (χ4n) is 2.22. The Kier molecular flexibility index (Phi) is 4.22. The zero-order chi connectivity index (χ0) is 17.3. The molecular formula is C16H17N5O2S. The molecule has 0 fully saturated rings. The molecule has 0 atom stereocenters. The largest absolute Gasteiger partial charge is 0.508 e. The summed E-state index contributed by atoms with van der Waals surface area (Å²) in [6, 6.07) is 3.38. The van der Waals surface area contributed by atoms with Crippen LogP contribution in [0.2, 0.25) is 0 Å². The number of carbonyl (C=O) groups excluding carboxylic acids is 1. The molecule has 0 bridgehead atoms. The highest BCUT2D eigenvalue weighted by Crippen LogP contribution is 2.29. The van der Waals surface area contributed by atoms with Crippen LogP contribution in [0.3, 0.4) is 0 Å². The van der Waals surface area contributed by atoms with E-state index in [0.29, 0.717) is 27.2 Å². The van der Waals surface area contributed by atoms with Gasteiger partial charge >= 0.3 is 0 Å². The van der Waals surface area contributed by atoms with E-state index in [9.17, 15) is 9.90 Å². The van der Waals surface area contributed by atoms with E-state index in [1.54, 1.807) is 25.3 Å². The predicted octanol–water partition coefficient (Wildman–Crippen LogP) is 3.19. The summed E-state index contributed by atoms with van der Waals surface area (Å²) in [5.74, 6) is 0.533. The van der Waals surface area contributed by atoms with Crippen LogP contribution in [0, 0.1) is 13.8 Å². The molecule has 0 saturated heterocycles. The lowest BCUT2D eigenvalue weighted by Gasteiger charge is -2.11. The summed E-state index contributed by atoms with van der Waals surface area (Å²) < 4.78 is 1.82. The van der Waals surface area contributed by atoms with Gasteiger partial charge < -0.3 is 20.3 Å². The first-order valence-electron chi connectivity index (χ1n) is 7.26. The van der Waals surface area contributed by atoms with Crippen LogP contribution < -0.4 is 10.6 Å². The predicted molar refractivity (Wildman–Crippen MR) is 94.1 cm³/mol. The van der Waals surface area contributed by atoms with Crippen LogP contribution in [0.15, 0.2) is 30.7 Å². The summed E-state index contributed by atoms with van der Waals surface area (Å²) in [6.45, 7) is 3.64. The second-order valence-electron chi connectivity index (χ2n) is 5.37. The molecule has 24 heavy (non-hydrogen) atoms. The summed E-state index contributed by atoms with van der Waals surface area (Å²) in [5, 5.41) is 16.3. The molecule has 0 saturated carbocycles. The highest BCUT2D eigenvalue weighted by Gasteiger charge is 2.15. The average Bonchev–Trinajstić information content (AvgIpc) is 3.18. The topological polar surface area (TPSA) is 92.1 Å². The van der Waals surface area contributed by atoms with Crippen molar-refractivity contribution < 1.29 is 9.90 Å². The Balaban J connectivity index is 1.77. The number of nitrogens with one attached hydrogen (secondary N) is 2. The van der Waals surface area contributed by atoms with E-state index < -0.39 is 0 Å². The minimum atomic E-state index is -0.266. The number of aromatic nitrogens is 3. The monoisotopic (exact) mass is 343 g/mol. The zero-order valence-electron chi connectivity index (χ0n) is 13.5. The van der Waals surface area contributed by atoms with Gasteiger partial charge in [0.15, 0.2) is 5.13 Å². The quantitative estimate of drug-likeness (QED) is 0.676. The van der Waals surface area contributed by atoms with E-state index in [0.717, 1.165) is 5.56 Å². The molecule has 124 valence electrons. The lowest BCUT2D eigenvalue weighted by Crippen LogP contribution is -2.12. The molecule has 1 amide bonds. The van der Waals surface area contributed by atoms with Crippen molar-refractivity contribution in [2.24, 2.45) is 7.05 Å². The van der Waals surface area contributed by atoms with Crippen LogP contribution in [-0.2, 0) is 7.05 Å². The Morgan fingerprint density at radius 1 is 1.29 bits per heavy atom. The minimum absolute atomic E-state index is 0.150. The molecule has 0 aliphatic rings. The van der Waals surface area contributed by atoms with Gasteiger partial charge in [-0.1, -0.05) is 17.4 Å². The van der Waals surface area contributed by atoms with Gasteiger partial charge in [0.1, 0.15) is 10.6 Å². The van der Waals surface area contributed by atoms with E-state index in [1.165, 1.54) is 17.5 Å². The van der Waals surface area contributed by atoms with Gasteiger partial charge in [-0.3, -0.25) is 4.79 Å². The molecule has 3 aromatic rings. The Morgan fingerprint density at radius 3 is 2.79 bits per heavy atom. The van der Waals surface area contributed by atoms with Crippen LogP contribution >= 0.6 is 11.3 Å². The smallest absolute Gasteiger partial charge is 0.267 e. The van der Waals surface area contributed by atoms with Crippen molar-refractivity contribution in [3.8, 4) is 5.75 Å². The minimum Gasteiger partial charge on any atom is -0.508 e. The number of thiazole rings is 1. The number of aryl methyl sites for hydroxylation is 2. The van der Waals surface area contributed by atoms with E-state index in [1.807, 2.05) is 24.7 Å². The molecule has 0 aliphatic carbocycles. The van der Waals surface area contributed by atoms with E-state index >= 15 is 0 Å². The molecule has 1 aromatic carbocycles. The van der Waals surface area contributed by atoms with Gasteiger partial charge in [-0.25, -0.2) is 9.97 Å². The number of hydrogen-bond donors (Lipinski definition) is 3. The summed E-state index contributed by atoms with van der Waals surface area (Å²) in [6.07, 6.45) is 5.01. The van der Waals surface area contributed by atoms with Crippen molar-refractivity contribution in [1.82, 2.24) is 14.5 Å². The fraction of sp³-hybridized carbons (Fsp3) is 0.188. The van der Waals surface area contributed by atoms with E-state index in [4.69, 9.17) is 0 Å². The van der Waals surface area contributed by atoms with Gasteiger partial charge in [0.2, 0.25) is 5.95 Å². The zero-order valence-corrected chi connectivity index (χ0v) is 14.3. The number of phenols is 1. The van der Waals surface area contributed by atoms with Crippen LogP contribution in [0.1, 0.15) is 20.8 Å². The first-order chi connectivity index (χ1) is 11.5. The molecule has 8 heteroatoms. The van der Waals surface area contributed by atoms with Gasteiger partial charge in [0, 0.05) is 25.0 Å². The standard InChI is InChI=1S/C16H17N5O2S/c1-9-4-5-11(22)10(2)13(9)19-14(23)12-8-18-16(24-12)20-15-17-6-7-21(15)3/h4-8,22H,1-3H3,(H,19,23)(H,17,18,20). The normalized spacial score (nSPS) is 10.6. The summed E-state index contributed by atoms with van der Waals surface area (Å²) >= 11 is 1.23. The van der Waals surface area contributed by atoms with Crippen molar-refractivity contribution in [3.05, 3.63) is 46.7 Å². The maximum absolute atomic E-state index is 12.4. The third-order valence-electron chi connectivity index (χ3n) is 3.65. The lowest BCUT2D eigenvalue weighted by molar-refractivity contribution is 0.103. The number of phenolic OH excluding ortho intramolecular Hbond substituents is 1. The number of aromatic hydroxyl groups is 1. The highest BCUT2D eigenvalue weighted by atomic mass is 32.1. The molecule has 3 N–H and O–H groups in total. The number of carbonyl (C=O) groups is 1. The number of imidazole rings is 1. The molecule has 0 aliphatic heterocycles. The second kappa shape index (κ2) is 6.32. The van der Waals surface area contributed by atoms with Gasteiger partial charge in [-0.15, -0.1) is 0 Å². The average molecular weight is 343 g/mol. The Hall–Kier alpha value is -2.87. The third-order valence-corrected chi connectivity index (χ3v) is 4.56. The van der Waals surface area contributed by atoms with Crippen molar-refractivity contribution in [2.75, 3.05) is 10.6 Å². The Labute approximate surface area is 143 Å². The third kappa shape index (κ3) is 3.09. The molecule has 2 aromatic heterocycles. The summed E-state index contributed by atoms with van der Waals surface area (Å²) in [4.78, 5) is 21.3. The van der Waals surface area contributed by atoms with Crippen LogP contribution in [-0.4, -0.2) is 25.5 Å². The molecular weight excluding hydrogens is 326 g/mol. The van der Waals surface area contributed by atoms with Crippen molar-refractivity contribution in [2.45, 2.75) is 13.8 Å². The lowest BCUT2D eigenvalue weighted by atomic mass is 10.1. The number of benzene rings is 1. The maximum Gasteiger partial charge on any atom is 0.267 e. The van der Waals surface area contributed by atoms with E-state index in [-0.39, 0.29) is 11.7 Å². The number of rotatable bonds is 4. The van der Waals surface area contributed by atoms with Crippen molar-refractivity contribution in [3.63, 3.8) is 0 Å². The first kappa shape index (κ1) is 16.0. The van der Waals surface area contributed by atoms with Crippen molar-refractivity contribution in [1.29, 1.82) is 0 Å². The number of nitrogens with zero attached hydrogens (tertiary/aromatic N) is 3. The molecule has 0 unspecified atom stereocenters. The molecule has 3 rings (SSSR count). The summed E-state index contributed by atoms with van der Waals surface area (Å²) in [7, 11) is 1.87. The number of amides is 1. The number of anilines is 3. The highest BCUT2D eigenvalue weighted by molar-refractivity contribution is 7.17. The van der Waals surface area contributed by atoms with E-state index in [2.05, 4.69) is 20.6 Å². The molecule has 7 nitrogen and oxygen atoms in total. The van der Waals surface area contributed by atoms with Crippen LogP contribution in [0.4, 0.5) is 16.8 Å². The first-order valence-corrected chi connectivity index (χ1v) is 8.08. The number of hydrogen-bond acceptors (Lipinski definition) is 6. The van der Waals surface area contributed by atoms with Gasteiger partial charge in [-0.2, -0.15) is 0 Å². The van der Waals surface area contributed by atoms with Gasteiger partial charge in [0.25, 0.3) is 5.91 Å². The van der Waals surface area contributed by atoms with Crippen LogP contribution in [0.25, 0.3) is 0 Å². The SMILES string of the molecule is Cc1ccc(O)c(C)c1NC(=O)c1cnc(Nc2nccn2C)s1. The van der Waals surface area contributed by atoms with Crippen LogP contribution in [0.5, 0.6) is 5.75 Å². The summed E-state index contributed by atoms with van der Waals surface area (Å²) in [5.41, 5.74) is 2.14. The van der Waals surface area contributed by atoms with Crippen molar-refractivity contribution >= 4 is 34.0 Å². The fourth-order valence-corrected chi connectivity index (χ4v) is 2.93. The Morgan fingerprint density at radius 2 is 2.08 bits per heavy atom. The second-order valence-corrected chi connectivity index (χ2v) is 6.40. The molecule has 2 heterocycles. The maximum atomic E-state index is 12.4. The van der Waals surface area contributed by atoms with Gasteiger partial charge in [-0.05, 0) is 25.5 Å². The Bertz CT molecular complexity index is 900. The molecule has 0 spiro atoms. The van der Waals surface area contributed by atoms with Gasteiger partial charge in [0.05, 0.1) is 11.9 Å².